The summed E-state index contributed by atoms with van der Waals surface area (Å²) in [5.41, 5.74) is 3.98. The largest absolute Gasteiger partial charge is 0.494 e. The molecule has 5 nitrogen and oxygen atoms in total. The Bertz CT molecular complexity index is 1170. The first-order chi connectivity index (χ1) is 17.9. The van der Waals surface area contributed by atoms with Gasteiger partial charge in [-0.3, -0.25) is 0 Å². The van der Waals surface area contributed by atoms with Gasteiger partial charge in [-0.15, -0.1) is 0 Å². The fourth-order valence-corrected chi connectivity index (χ4v) is 8.40. The number of fused-ring (bicyclic) bond motifs is 5. The van der Waals surface area contributed by atoms with Crippen LogP contribution in [-0.4, -0.2) is 38.6 Å². The number of aliphatic hydroxyl groups is 2. The fraction of sp³-hybridized carbons (Fsp3) is 0.594. The lowest BCUT2D eigenvalue weighted by molar-refractivity contribution is -0.0685. The van der Waals surface area contributed by atoms with Crippen LogP contribution in [0.5, 0.6) is 5.75 Å². The Balaban J connectivity index is 1.16. The van der Waals surface area contributed by atoms with Gasteiger partial charge in [-0.25, -0.2) is 4.98 Å². The van der Waals surface area contributed by atoms with E-state index in [4.69, 9.17) is 4.74 Å². The molecule has 0 bridgehead atoms. The zero-order valence-corrected chi connectivity index (χ0v) is 22.4. The summed E-state index contributed by atoms with van der Waals surface area (Å²) in [5.74, 6) is 2.68. The lowest BCUT2D eigenvalue weighted by Crippen LogP contribution is -2.51. The Kier molecular flexibility index (Phi) is 6.57. The van der Waals surface area contributed by atoms with Crippen molar-refractivity contribution in [2.24, 2.45) is 28.6 Å². The molecule has 2 N–H and O–H groups in total. The van der Waals surface area contributed by atoms with E-state index >= 15 is 0 Å². The molecule has 0 aliphatic heterocycles. The minimum Gasteiger partial charge on any atom is -0.494 e. The molecule has 198 valence electrons. The maximum absolute atomic E-state index is 11.6. The first-order valence-electron chi connectivity index (χ1n) is 14.3. The van der Waals surface area contributed by atoms with Crippen molar-refractivity contribution in [1.29, 1.82) is 0 Å². The Hall–Kier alpha value is -2.37. The van der Waals surface area contributed by atoms with E-state index in [0.29, 0.717) is 24.4 Å². The summed E-state index contributed by atoms with van der Waals surface area (Å²) >= 11 is 0. The van der Waals surface area contributed by atoms with Crippen molar-refractivity contribution in [2.75, 3.05) is 6.61 Å². The highest BCUT2D eigenvalue weighted by molar-refractivity contribution is 5.57. The quantitative estimate of drug-likeness (QED) is 0.374. The summed E-state index contributed by atoms with van der Waals surface area (Å²) in [6, 6.07) is 8.29. The van der Waals surface area contributed by atoms with Gasteiger partial charge in [-0.05, 0) is 97.8 Å². The smallest absolute Gasteiger partial charge is 0.119 e. The molecule has 5 heteroatoms. The fourth-order valence-electron chi connectivity index (χ4n) is 8.40. The van der Waals surface area contributed by atoms with Gasteiger partial charge in [0, 0.05) is 24.4 Å². The number of ether oxygens (including phenoxy) is 1. The third-order valence-electron chi connectivity index (χ3n) is 10.5. The van der Waals surface area contributed by atoms with Crippen LogP contribution < -0.4 is 4.74 Å². The zero-order chi connectivity index (χ0) is 25.6. The molecule has 1 heterocycles. The van der Waals surface area contributed by atoms with Gasteiger partial charge in [0.25, 0.3) is 0 Å². The van der Waals surface area contributed by atoms with E-state index < -0.39 is 0 Å². The highest BCUT2D eigenvalue weighted by Crippen LogP contribution is 2.65. The number of aromatic nitrogens is 2. The zero-order valence-electron chi connectivity index (χ0n) is 22.4. The molecule has 37 heavy (non-hydrogen) atoms. The lowest BCUT2D eigenvalue weighted by Gasteiger charge is -2.57. The highest BCUT2D eigenvalue weighted by Gasteiger charge is 2.59. The molecule has 3 unspecified atom stereocenters. The molecular formula is C32H42N2O3. The van der Waals surface area contributed by atoms with Crippen LogP contribution in [0.3, 0.4) is 0 Å². The van der Waals surface area contributed by atoms with Gasteiger partial charge in [-0.2, -0.15) is 0 Å². The number of hydrogen-bond donors (Lipinski definition) is 2. The molecule has 3 saturated carbocycles. The Morgan fingerprint density at radius 2 is 2.03 bits per heavy atom. The van der Waals surface area contributed by atoms with Crippen molar-refractivity contribution >= 4 is 6.08 Å². The molecule has 0 amide bonds. The molecule has 4 aliphatic rings. The molecule has 2 aromatic rings. The molecule has 6 rings (SSSR count). The number of aryl methyl sites for hydroxylation is 1. The van der Waals surface area contributed by atoms with Crippen molar-refractivity contribution in [3.05, 3.63) is 65.8 Å². The Labute approximate surface area is 221 Å². The summed E-state index contributed by atoms with van der Waals surface area (Å²) in [5, 5.41) is 21.9. The number of benzene rings is 1. The highest BCUT2D eigenvalue weighted by atomic mass is 16.5. The van der Waals surface area contributed by atoms with Crippen molar-refractivity contribution in [3.8, 4) is 5.75 Å². The van der Waals surface area contributed by atoms with Gasteiger partial charge in [0.05, 0.1) is 25.1 Å². The summed E-state index contributed by atoms with van der Waals surface area (Å²) in [7, 11) is 0. The predicted molar refractivity (Wildman–Crippen MR) is 146 cm³/mol. The van der Waals surface area contributed by atoms with E-state index in [0.717, 1.165) is 62.8 Å². The lowest BCUT2D eigenvalue weighted by atomic mass is 9.48. The van der Waals surface area contributed by atoms with Crippen molar-refractivity contribution in [1.82, 2.24) is 9.55 Å². The first-order valence-corrected chi connectivity index (χ1v) is 14.3. The summed E-state index contributed by atoms with van der Waals surface area (Å²) in [6.45, 7) is 6.36. The molecule has 0 spiro atoms. The van der Waals surface area contributed by atoms with E-state index in [1.165, 1.54) is 17.6 Å². The molecule has 0 saturated heterocycles. The van der Waals surface area contributed by atoms with Crippen LogP contribution in [-0.2, 0) is 6.54 Å². The van der Waals surface area contributed by atoms with Gasteiger partial charge >= 0.3 is 0 Å². The Morgan fingerprint density at radius 3 is 2.86 bits per heavy atom. The number of imidazole rings is 1. The van der Waals surface area contributed by atoms with E-state index in [9.17, 15) is 10.2 Å². The number of allylic oxidation sites excluding steroid dienone is 1. The third-order valence-corrected chi connectivity index (χ3v) is 10.5. The first kappa shape index (κ1) is 24.9. The molecule has 1 aromatic heterocycles. The van der Waals surface area contributed by atoms with E-state index in [1.54, 1.807) is 6.20 Å². The monoisotopic (exact) mass is 502 g/mol. The Morgan fingerprint density at radius 1 is 1.14 bits per heavy atom. The van der Waals surface area contributed by atoms with Crippen LogP contribution in [0.25, 0.3) is 6.08 Å². The average Bonchev–Trinajstić information content (AvgIpc) is 3.49. The predicted octanol–water partition coefficient (Wildman–Crippen LogP) is 6.03. The standard InChI is InChI=1S/C32H42N2O3/c1-31-11-9-25(35)20-24(31)7-8-27-28(31)10-12-32(2)29(27)19-23(30(32)36)17-22-5-3-6-26(18-22)37-16-4-14-34-15-13-33-21-34/h3,5-7,13,15,17-18,21,25,27-30,35-36H,4,8-12,14,16,19-20H2,1-2H3/b23-17+/t25-,27?,28?,29?,30-,31-,32-/m0/s1. The van der Waals surface area contributed by atoms with E-state index in [-0.39, 0.29) is 23.0 Å². The van der Waals surface area contributed by atoms with E-state index in [1.807, 2.05) is 18.6 Å². The number of aliphatic hydroxyl groups excluding tert-OH is 2. The SMILES string of the molecule is C[C@]12CC[C@H](O)CC1=CCC1C2CC[C@@]2(C)C1C/C(=C\c1cccc(OCCCn3ccnc3)c1)[C@@H]2O. The number of rotatable bonds is 6. The second-order valence-corrected chi connectivity index (χ2v) is 12.6. The number of nitrogens with zero attached hydrogens (tertiary/aromatic N) is 2. The summed E-state index contributed by atoms with van der Waals surface area (Å²) < 4.78 is 8.11. The van der Waals surface area contributed by atoms with Crippen LogP contribution in [0.2, 0.25) is 0 Å². The third kappa shape index (κ3) is 4.48. The second-order valence-electron chi connectivity index (χ2n) is 12.6. The van der Waals surface area contributed by atoms with Crippen molar-refractivity contribution in [2.45, 2.75) is 84.0 Å². The minimum absolute atomic E-state index is 0.0513. The van der Waals surface area contributed by atoms with Crippen LogP contribution in [0.1, 0.15) is 70.8 Å². The second kappa shape index (κ2) is 9.74. The van der Waals surface area contributed by atoms with Crippen LogP contribution in [0.4, 0.5) is 0 Å². The van der Waals surface area contributed by atoms with E-state index in [2.05, 4.69) is 53.7 Å². The summed E-state index contributed by atoms with van der Waals surface area (Å²) in [4.78, 5) is 4.09. The van der Waals surface area contributed by atoms with Gasteiger partial charge in [0.15, 0.2) is 0 Å². The summed E-state index contributed by atoms with van der Waals surface area (Å²) in [6.07, 6.45) is 17.9. The molecule has 1 aromatic carbocycles. The maximum Gasteiger partial charge on any atom is 0.119 e. The average molecular weight is 503 g/mol. The van der Waals surface area contributed by atoms with Crippen LogP contribution in [0.15, 0.2) is 60.2 Å². The van der Waals surface area contributed by atoms with Crippen molar-refractivity contribution < 1.29 is 14.9 Å². The number of hydrogen-bond acceptors (Lipinski definition) is 4. The molecular weight excluding hydrogens is 460 g/mol. The molecule has 7 atom stereocenters. The van der Waals surface area contributed by atoms with Gasteiger partial charge in [-0.1, -0.05) is 43.7 Å². The van der Waals surface area contributed by atoms with Gasteiger partial charge < -0.3 is 19.5 Å². The topological polar surface area (TPSA) is 67.5 Å². The van der Waals surface area contributed by atoms with Gasteiger partial charge in [0.1, 0.15) is 5.75 Å². The van der Waals surface area contributed by atoms with Crippen molar-refractivity contribution in [3.63, 3.8) is 0 Å². The maximum atomic E-state index is 11.6. The van der Waals surface area contributed by atoms with Crippen LogP contribution in [0, 0.1) is 28.6 Å². The normalized spacial score (nSPS) is 38.0. The molecule has 4 aliphatic carbocycles. The minimum atomic E-state index is -0.385. The van der Waals surface area contributed by atoms with Gasteiger partial charge in [0.2, 0.25) is 0 Å². The molecule has 3 fully saturated rings. The van der Waals surface area contributed by atoms with Crippen LogP contribution >= 0.6 is 0 Å². The molecule has 0 radical (unpaired) electrons.